The first-order chi connectivity index (χ1) is 9.97. The third kappa shape index (κ3) is 3.09. The van der Waals surface area contributed by atoms with Gasteiger partial charge in [0, 0.05) is 12.0 Å². The van der Waals surface area contributed by atoms with Gasteiger partial charge >= 0.3 is 5.97 Å². The number of aromatic nitrogens is 2. The molecule has 114 valence electrons. The van der Waals surface area contributed by atoms with Gasteiger partial charge in [0.05, 0.1) is 17.5 Å². The molecule has 0 fully saturated rings. The topological polar surface area (TPSA) is 55.1 Å². The second-order valence-electron chi connectivity index (χ2n) is 5.84. The SMILES string of the molecule is CCC(CC)c1nc2cc(CC(=O)O)ccc2n1C(C)C. The van der Waals surface area contributed by atoms with E-state index >= 15 is 0 Å². The Morgan fingerprint density at radius 1 is 1.29 bits per heavy atom. The Morgan fingerprint density at radius 2 is 1.95 bits per heavy atom. The van der Waals surface area contributed by atoms with Crippen molar-refractivity contribution in [1.82, 2.24) is 9.55 Å². The normalized spacial score (nSPS) is 11.7. The lowest BCUT2D eigenvalue weighted by Gasteiger charge is -2.18. The predicted molar refractivity (Wildman–Crippen MR) is 84.8 cm³/mol. The van der Waals surface area contributed by atoms with E-state index in [1.54, 1.807) is 0 Å². The van der Waals surface area contributed by atoms with Gasteiger partial charge in [-0.05, 0) is 44.4 Å². The smallest absolute Gasteiger partial charge is 0.307 e. The fourth-order valence-corrected chi connectivity index (χ4v) is 2.93. The summed E-state index contributed by atoms with van der Waals surface area (Å²) >= 11 is 0. The number of hydrogen-bond donors (Lipinski definition) is 1. The molecule has 0 aliphatic heterocycles. The Labute approximate surface area is 125 Å². The van der Waals surface area contributed by atoms with Crippen molar-refractivity contribution in [3.8, 4) is 0 Å². The first-order valence-electron chi connectivity index (χ1n) is 7.70. The fraction of sp³-hybridized carbons (Fsp3) is 0.529. The molecule has 2 aromatic rings. The van der Waals surface area contributed by atoms with Crippen molar-refractivity contribution >= 4 is 17.0 Å². The summed E-state index contributed by atoms with van der Waals surface area (Å²) in [5, 5.41) is 8.93. The number of carboxylic acids is 1. The van der Waals surface area contributed by atoms with Crippen molar-refractivity contribution < 1.29 is 9.90 Å². The highest BCUT2D eigenvalue weighted by Crippen LogP contribution is 2.30. The average Bonchev–Trinajstić information content (AvgIpc) is 2.77. The molecule has 2 rings (SSSR count). The summed E-state index contributed by atoms with van der Waals surface area (Å²) in [4.78, 5) is 15.7. The molecule has 0 atom stereocenters. The minimum atomic E-state index is -0.808. The van der Waals surface area contributed by atoms with E-state index in [1.807, 2.05) is 18.2 Å². The molecular formula is C17H24N2O2. The summed E-state index contributed by atoms with van der Waals surface area (Å²) in [7, 11) is 0. The molecule has 1 aromatic heterocycles. The number of nitrogens with zero attached hydrogens (tertiary/aromatic N) is 2. The van der Waals surface area contributed by atoms with Crippen LogP contribution in [0.4, 0.5) is 0 Å². The Kier molecular flexibility index (Phi) is 4.66. The van der Waals surface area contributed by atoms with Crippen LogP contribution in [0.1, 0.15) is 63.9 Å². The van der Waals surface area contributed by atoms with Gasteiger partial charge in [-0.3, -0.25) is 4.79 Å². The van der Waals surface area contributed by atoms with E-state index in [0.717, 1.165) is 35.3 Å². The number of hydrogen-bond acceptors (Lipinski definition) is 2. The molecule has 1 N–H and O–H groups in total. The summed E-state index contributed by atoms with van der Waals surface area (Å²) < 4.78 is 2.29. The van der Waals surface area contributed by atoms with Crippen LogP contribution in [0, 0.1) is 0 Å². The molecule has 21 heavy (non-hydrogen) atoms. The van der Waals surface area contributed by atoms with Crippen LogP contribution < -0.4 is 0 Å². The quantitative estimate of drug-likeness (QED) is 0.868. The lowest BCUT2D eigenvalue weighted by Crippen LogP contribution is -2.10. The maximum Gasteiger partial charge on any atom is 0.307 e. The maximum atomic E-state index is 10.9. The van der Waals surface area contributed by atoms with Crippen molar-refractivity contribution in [3.05, 3.63) is 29.6 Å². The molecule has 0 aliphatic carbocycles. The third-order valence-corrected chi connectivity index (χ3v) is 4.00. The number of rotatable bonds is 6. The van der Waals surface area contributed by atoms with Crippen LogP contribution >= 0.6 is 0 Å². The van der Waals surface area contributed by atoms with E-state index in [-0.39, 0.29) is 6.42 Å². The molecule has 0 radical (unpaired) electrons. The fourth-order valence-electron chi connectivity index (χ4n) is 2.93. The molecule has 0 spiro atoms. The van der Waals surface area contributed by atoms with Crippen LogP contribution in [0.5, 0.6) is 0 Å². The van der Waals surface area contributed by atoms with E-state index < -0.39 is 5.97 Å². The van der Waals surface area contributed by atoms with Crippen LogP contribution in [-0.2, 0) is 11.2 Å². The summed E-state index contributed by atoms with van der Waals surface area (Å²) in [5.41, 5.74) is 2.81. The number of imidazole rings is 1. The minimum absolute atomic E-state index is 0.0464. The number of fused-ring (bicyclic) bond motifs is 1. The zero-order chi connectivity index (χ0) is 15.6. The first kappa shape index (κ1) is 15.5. The summed E-state index contributed by atoms with van der Waals surface area (Å²) in [6.45, 7) is 8.71. The molecule has 1 heterocycles. The third-order valence-electron chi connectivity index (χ3n) is 4.00. The first-order valence-corrected chi connectivity index (χ1v) is 7.70. The highest BCUT2D eigenvalue weighted by molar-refractivity contribution is 5.79. The van der Waals surface area contributed by atoms with Crippen molar-refractivity contribution in [1.29, 1.82) is 0 Å². The molecule has 4 heteroatoms. The summed E-state index contributed by atoms with van der Waals surface area (Å²) in [5.74, 6) is 0.762. The van der Waals surface area contributed by atoms with Gasteiger partial charge in [0.15, 0.2) is 0 Å². The van der Waals surface area contributed by atoms with Gasteiger partial charge in [0.2, 0.25) is 0 Å². The zero-order valence-electron chi connectivity index (χ0n) is 13.3. The van der Waals surface area contributed by atoms with Gasteiger partial charge in [-0.25, -0.2) is 4.98 Å². The van der Waals surface area contributed by atoms with E-state index in [1.165, 1.54) is 0 Å². The number of carboxylic acid groups (broad SMARTS) is 1. The molecule has 4 nitrogen and oxygen atoms in total. The van der Waals surface area contributed by atoms with E-state index in [0.29, 0.717) is 12.0 Å². The van der Waals surface area contributed by atoms with E-state index in [2.05, 4.69) is 32.3 Å². The van der Waals surface area contributed by atoms with Crippen molar-refractivity contribution in [2.75, 3.05) is 0 Å². The van der Waals surface area contributed by atoms with Gasteiger partial charge in [0.25, 0.3) is 0 Å². The zero-order valence-corrected chi connectivity index (χ0v) is 13.3. The van der Waals surface area contributed by atoms with Crippen molar-refractivity contribution in [3.63, 3.8) is 0 Å². The highest BCUT2D eigenvalue weighted by Gasteiger charge is 2.19. The molecule has 0 amide bonds. The minimum Gasteiger partial charge on any atom is -0.481 e. The molecule has 0 aliphatic rings. The average molecular weight is 288 g/mol. The highest BCUT2D eigenvalue weighted by atomic mass is 16.4. The largest absolute Gasteiger partial charge is 0.481 e. The Bertz CT molecular complexity index is 640. The van der Waals surface area contributed by atoms with Gasteiger partial charge in [0.1, 0.15) is 5.82 Å². The monoisotopic (exact) mass is 288 g/mol. The second kappa shape index (κ2) is 6.29. The van der Waals surface area contributed by atoms with Gasteiger partial charge in [-0.1, -0.05) is 19.9 Å². The number of aliphatic carboxylic acids is 1. The molecule has 0 bridgehead atoms. The Hall–Kier alpha value is -1.84. The standard InChI is InChI=1S/C17H24N2O2/c1-5-13(6-2)17-18-14-9-12(10-16(20)21)7-8-15(14)19(17)11(3)4/h7-9,11,13H,5-6,10H2,1-4H3,(H,20,21). The second-order valence-corrected chi connectivity index (χ2v) is 5.84. The van der Waals surface area contributed by atoms with Crippen LogP contribution in [-0.4, -0.2) is 20.6 Å². The van der Waals surface area contributed by atoms with Gasteiger partial charge < -0.3 is 9.67 Å². The number of benzene rings is 1. The Balaban J connectivity index is 2.58. The van der Waals surface area contributed by atoms with Crippen molar-refractivity contribution in [2.24, 2.45) is 0 Å². The van der Waals surface area contributed by atoms with Crippen molar-refractivity contribution in [2.45, 2.75) is 58.9 Å². The number of carbonyl (C=O) groups is 1. The van der Waals surface area contributed by atoms with Gasteiger partial charge in [-0.2, -0.15) is 0 Å². The van der Waals surface area contributed by atoms with Crippen LogP contribution in [0.2, 0.25) is 0 Å². The lowest BCUT2D eigenvalue weighted by molar-refractivity contribution is -0.136. The molecule has 0 saturated carbocycles. The van der Waals surface area contributed by atoms with E-state index in [9.17, 15) is 4.79 Å². The molecular weight excluding hydrogens is 264 g/mol. The molecule has 1 aromatic carbocycles. The maximum absolute atomic E-state index is 10.9. The van der Waals surface area contributed by atoms with Gasteiger partial charge in [-0.15, -0.1) is 0 Å². The molecule has 0 unspecified atom stereocenters. The lowest BCUT2D eigenvalue weighted by atomic mass is 10.0. The molecule has 0 saturated heterocycles. The Morgan fingerprint density at radius 3 is 2.48 bits per heavy atom. The van der Waals surface area contributed by atoms with E-state index in [4.69, 9.17) is 10.1 Å². The predicted octanol–water partition coefficient (Wildman–Crippen LogP) is 4.15. The van der Waals surface area contributed by atoms with Crippen LogP contribution in [0.15, 0.2) is 18.2 Å². The van der Waals surface area contributed by atoms with Crippen LogP contribution in [0.3, 0.4) is 0 Å². The van der Waals surface area contributed by atoms with Crippen LogP contribution in [0.25, 0.3) is 11.0 Å². The summed E-state index contributed by atoms with van der Waals surface area (Å²) in [6.07, 6.45) is 2.17. The summed E-state index contributed by atoms with van der Waals surface area (Å²) in [6, 6.07) is 6.16.